The smallest absolute Gasteiger partial charge is 0.267 e. The predicted molar refractivity (Wildman–Crippen MR) is 93.2 cm³/mol. The van der Waals surface area contributed by atoms with E-state index in [0.717, 1.165) is 10.1 Å². The Bertz CT molecular complexity index is 875. The van der Waals surface area contributed by atoms with Crippen LogP contribution in [0.2, 0.25) is 10.0 Å². The zero-order chi connectivity index (χ0) is 16.4. The molecule has 0 unspecified atom stereocenters. The zero-order valence-corrected chi connectivity index (χ0v) is 13.9. The van der Waals surface area contributed by atoms with Gasteiger partial charge in [0.1, 0.15) is 0 Å². The summed E-state index contributed by atoms with van der Waals surface area (Å²) in [6.45, 7) is 0. The molecule has 116 valence electrons. The lowest BCUT2D eigenvalue weighted by molar-refractivity contribution is 0.0849. The molecule has 0 saturated carbocycles. The number of benzene rings is 2. The molecule has 7 heteroatoms. The van der Waals surface area contributed by atoms with Crippen molar-refractivity contribution in [2.45, 2.75) is 0 Å². The number of hydrogen-bond acceptors (Lipinski definition) is 3. The summed E-state index contributed by atoms with van der Waals surface area (Å²) in [6.07, 6.45) is 0. The first kappa shape index (κ1) is 15.8. The summed E-state index contributed by atoms with van der Waals surface area (Å²) in [6, 6.07) is 14.0. The Kier molecular flexibility index (Phi) is 4.52. The Morgan fingerprint density at radius 3 is 2.43 bits per heavy atom. The second-order valence-electron chi connectivity index (χ2n) is 4.68. The van der Waals surface area contributed by atoms with Gasteiger partial charge in [0.05, 0.1) is 15.5 Å². The molecule has 0 bridgehead atoms. The van der Waals surface area contributed by atoms with Crippen LogP contribution >= 0.6 is 34.5 Å². The Morgan fingerprint density at radius 1 is 0.913 bits per heavy atom. The van der Waals surface area contributed by atoms with E-state index in [1.54, 1.807) is 12.1 Å². The topological polar surface area (TPSA) is 58.2 Å². The maximum Gasteiger partial charge on any atom is 0.279 e. The number of rotatable bonds is 2. The van der Waals surface area contributed by atoms with Crippen LogP contribution in [0.3, 0.4) is 0 Å². The molecule has 3 aromatic rings. The highest BCUT2D eigenvalue weighted by Gasteiger charge is 2.14. The molecule has 0 spiro atoms. The second-order valence-corrected chi connectivity index (χ2v) is 6.61. The van der Waals surface area contributed by atoms with Crippen LogP contribution in [0.15, 0.2) is 48.5 Å². The van der Waals surface area contributed by atoms with Crippen molar-refractivity contribution < 1.29 is 9.59 Å². The fourth-order valence-corrected chi connectivity index (χ4v) is 3.34. The Hall–Kier alpha value is -2.08. The fraction of sp³-hybridized carbons (Fsp3) is 0. The molecule has 2 amide bonds. The molecular formula is C16H10Cl2N2O2S. The van der Waals surface area contributed by atoms with E-state index in [0.29, 0.717) is 9.90 Å². The molecule has 0 aliphatic carbocycles. The second kappa shape index (κ2) is 6.58. The summed E-state index contributed by atoms with van der Waals surface area (Å²) in [5, 5.41) is 1.62. The maximum atomic E-state index is 12.1. The Labute approximate surface area is 146 Å². The van der Waals surface area contributed by atoms with Gasteiger partial charge < -0.3 is 0 Å². The van der Waals surface area contributed by atoms with Gasteiger partial charge in [0.15, 0.2) is 0 Å². The number of carbonyl (C=O) groups is 2. The van der Waals surface area contributed by atoms with E-state index in [4.69, 9.17) is 23.2 Å². The molecule has 0 radical (unpaired) electrons. The lowest BCUT2D eigenvalue weighted by atomic mass is 10.2. The molecule has 2 aromatic carbocycles. The van der Waals surface area contributed by atoms with Crippen LogP contribution in [0, 0.1) is 0 Å². The van der Waals surface area contributed by atoms with Crippen LogP contribution in [0.25, 0.3) is 10.1 Å². The number of hydrogen-bond donors (Lipinski definition) is 2. The van der Waals surface area contributed by atoms with Gasteiger partial charge >= 0.3 is 0 Å². The number of nitrogens with one attached hydrogen (secondary N) is 2. The van der Waals surface area contributed by atoms with Gasteiger partial charge in [0, 0.05) is 9.72 Å². The summed E-state index contributed by atoms with van der Waals surface area (Å²) in [7, 11) is 0. The number of halogens is 2. The highest BCUT2D eigenvalue weighted by Crippen LogP contribution is 2.25. The molecule has 23 heavy (non-hydrogen) atoms. The van der Waals surface area contributed by atoms with Crippen LogP contribution in [-0.2, 0) is 0 Å². The van der Waals surface area contributed by atoms with E-state index >= 15 is 0 Å². The molecule has 1 aromatic heterocycles. The largest absolute Gasteiger partial charge is 0.279 e. The molecule has 0 fully saturated rings. The molecule has 0 saturated heterocycles. The molecule has 2 N–H and O–H groups in total. The lowest BCUT2D eigenvalue weighted by Crippen LogP contribution is -2.41. The third-order valence-electron chi connectivity index (χ3n) is 3.11. The van der Waals surface area contributed by atoms with E-state index < -0.39 is 11.8 Å². The van der Waals surface area contributed by atoms with E-state index in [1.807, 2.05) is 24.3 Å². The zero-order valence-electron chi connectivity index (χ0n) is 11.6. The standard InChI is InChI=1S/C16H10Cl2N2O2S/c17-10-5-6-12(18)11(8-10)15(21)19-20-16(22)14-7-9-3-1-2-4-13(9)23-14/h1-8H,(H,19,21)(H,20,22). The quantitative estimate of drug-likeness (QED) is 0.666. The lowest BCUT2D eigenvalue weighted by Gasteiger charge is -2.07. The van der Waals surface area contributed by atoms with Crippen molar-refractivity contribution in [3.05, 3.63) is 69.0 Å². The SMILES string of the molecule is O=C(NNC(=O)c1cc(Cl)ccc1Cl)c1cc2ccccc2s1. The van der Waals surface area contributed by atoms with Gasteiger partial charge in [-0.3, -0.25) is 20.4 Å². The van der Waals surface area contributed by atoms with Crippen molar-refractivity contribution in [1.29, 1.82) is 0 Å². The molecule has 0 aliphatic rings. The van der Waals surface area contributed by atoms with Gasteiger partial charge in [0.2, 0.25) is 0 Å². The average molecular weight is 365 g/mol. The third kappa shape index (κ3) is 3.47. The first-order chi connectivity index (χ1) is 11.0. The first-order valence-corrected chi connectivity index (χ1v) is 8.16. The molecule has 0 atom stereocenters. The summed E-state index contributed by atoms with van der Waals surface area (Å²) in [5.74, 6) is -0.926. The summed E-state index contributed by atoms with van der Waals surface area (Å²) in [5.41, 5.74) is 4.90. The number of thiophene rings is 1. The molecule has 3 rings (SSSR count). The maximum absolute atomic E-state index is 12.1. The molecule has 4 nitrogen and oxygen atoms in total. The van der Waals surface area contributed by atoms with Gasteiger partial charge in [-0.15, -0.1) is 11.3 Å². The van der Waals surface area contributed by atoms with Gasteiger partial charge in [-0.25, -0.2) is 0 Å². The van der Waals surface area contributed by atoms with E-state index in [-0.39, 0.29) is 10.6 Å². The van der Waals surface area contributed by atoms with Crippen LogP contribution in [0.1, 0.15) is 20.0 Å². The number of amides is 2. The number of carbonyl (C=O) groups excluding carboxylic acids is 2. The van der Waals surface area contributed by atoms with Gasteiger partial charge in [-0.05, 0) is 35.7 Å². The van der Waals surface area contributed by atoms with E-state index in [9.17, 15) is 9.59 Å². The minimum Gasteiger partial charge on any atom is -0.267 e. The fourth-order valence-electron chi connectivity index (χ4n) is 2.01. The van der Waals surface area contributed by atoms with Crippen LogP contribution in [0.5, 0.6) is 0 Å². The van der Waals surface area contributed by atoms with Gasteiger partial charge in [0.25, 0.3) is 11.8 Å². The minimum atomic E-state index is -0.535. The highest BCUT2D eigenvalue weighted by atomic mass is 35.5. The van der Waals surface area contributed by atoms with E-state index in [1.165, 1.54) is 23.5 Å². The third-order valence-corrected chi connectivity index (χ3v) is 4.79. The van der Waals surface area contributed by atoms with Crippen LogP contribution < -0.4 is 10.9 Å². The average Bonchev–Trinajstić information content (AvgIpc) is 2.98. The van der Waals surface area contributed by atoms with Crippen molar-refractivity contribution in [2.24, 2.45) is 0 Å². The summed E-state index contributed by atoms with van der Waals surface area (Å²) < 4.78 is 1.00. The monoisotopic (exact) mass is 364 g/mol. The van der Waals surface area contributed by atoms with Gasteiger partial charge in [-0.2, -0.15) is 0 Å². The number of fused-ring (bicyclic) bond motifs is 1. The van der Waals surface area contributed by atoms with Crippen LogP contribution in [-0.4, -0.2) is 11.8 Å². The van der Waals surface area contributed by atoms with Gasteiger partial charge in [-0.1, -0.05) is 41.4 Å². The van der Waals surface area contributed by atoms with Crippen molar-refractivity contribution in [3.8, 4) is 0 Å². The van der Waals surface area contributed by atoms with Crippen molar-refractivity contribution in [2.75, 3.05) is 0 Å². The predicted octanol–water partition coefficient (Wildman–Crippen LogP) is 4.28. The summed E-state index contributed by atoms with van der Waals surface area (Å²) >= 11 is 13.1. The minimum absolute atomic E-state index is 0.191. The first-order valence-electron chi connectivity index (χ1n) is 6.59. The molecule has 1 heterocycles. The van der Waals surface area contributed by atoms with Crippen molar-refractivity contribution >= 4 is 56.4 Å². The molecular weight excluding hydrogens is 355 g/mol. The van der Waals surface area contributed by atoms with E-state index in [2.05, 4.69) is 10.9 Å². The Morgan fingerprint density at radius 2 is 1.65 bits per heavy atom. The highest BCUT2D eigenvalue weighted by molar-refractivity contribution is 7.20. The van der Waals surface area contributed by atoms with Crippen molar-refractivity contribution in [1.82, 2.24) is 10.9 Å². The Balaban J connectivity index is 1.71. The normalized spacial score (nSPS) is 10.5. The summed E-state index contributed by atoms with van der Waals surface area (Å²) in [4.78, 5) is 24.7. The molecule has 0 aliphatic heterocycles. The van der Waals surface area contributed by atoms with Crippen LogP contribution in [0.4, 0.5) is 0 Å². The number of hydrazine groups is 1. The van der Waals surface area contributed by atoms with Crippen molar-refractivity contribution in [3.63, 3.8) is 0 Å².